The Balaban J connectivity index is 1.95. The molecule has 0 saturated heterocycles. The van der Waals surface area contributed by atoms with Crippen molar-refractivity contribution in [2.24, 2.45) is 5.92 Å². The lowest BCUT2D eigenvalue weighted by Crippen LogP contribution is -2.12. The minimum absolute atomic E-state index is 0.139. The van der Waals surface area contributed by atoms with E-state index in [0.717, 1.165) is 23.4 Å². The van der Waals surface area contributed by atoms with Gasteiger partial charge in [-0.1, -0.05) is 19.0 Å². The van der Waals surface area contributed by atoms with Crippen LogP contribution in [0.3, 0.4) is 0 Å². The van der Waals surface area contributed by atoms with Gasteiger partial charge in [-0.2, -0.15) is 4.98 Å². The molecule has 1 unspecified atom stereocenters. The zero-order valence-electron chi connectivity index (χ0n) is 12.7. The number of rotatable bonds is 5. The molecule has 2 aromatic rings. The van der Waals surface area contributed by atoms with Crippen molar-refractivity contribution in [3.05, 3.63) is 16.3 Å². The molecule has 21 heavy (non-hydrogen) atoms. The van der Waals surface area contributed by atoms with Crippen molar-refractivity contribution < 1.29 is 9.26 Å². The molecule has 0 saturated carbocycles. The molecular weight excluding hydrogens is 286 g/mol. The van der Waals surface area contributed by atoms with E-state index in [9.17, 15) is 0 Å². The molecule has 1 aliphatic carbocycles. The molecule has 2 heterocycles. The second-order valence-corrected chi connectivity index (χ2v) is 6.81. The van der Waals surface area contributed by atoms with Gasteiger partial charge in [0, 0.05) is 11.5 Å². The molecule has 3 rings (SSSR count). The number of anilines is 1. The minimum atomic E-state index is -0.139. The molecule has 5 nitrogen and oxygen atoms in total. The molecule has 0 spiro atoms. The van der Waals surface area contributed by atoms with E-state index in [0.29, 0.717) is 24.2 Å². The average molecular weight is 307 g/mol. The summed E-state index contributed by atoms with van der Waals surface area (Å²) in [5.74, 6) is 1.44. The summed E-state index contributed by atoms with van der Waals surface area (Å²) in [6.45, 7) is 6.78. The van der Waals surface area contributed by atoms with Crippen LogP contribution in [0.15, 0.2) is 4.52 Å². The first kappa shape index (κ1) is 14.5. The largest absolute Gasteiger partial charge is 0.390 e. The molecule has 1 atom stereocenters. The third-order valence-corrected chi connectivity index (χ3v) is 4.93. The Kier molecular flexibility index (Phi) is 3.99. The highest BCUT2D eigenvalue weighted by Gasteiger charge is 2.28. The highest BCUT2D eigenvalue weighted by molar-refractivity contribution is 7.16. The van der Waals surface area contributed by atoms with Crippen LogP contribution in [0.4, 0.5) is 5.00 Å². The number of thiophene rings is 1. The van der Waals surface area contributed by atoms with Gasteiger partial charge in [-0.05, 0) is 37.7 Å². The molecule has 2 N–H and O–H groups in total. The van der Waals surface area contributed by atoms with Gasteiger partial charge in [0.25, 0.3) is 5.89 Å². The monoisotopic (exact) mass is 307 g/mol. The lowest BCUT2D eigenvalue weighted by atomic mass is 10.1. The summed E-state index contributed by atoms with van der Waals surface area (Å²) in [4.78, 5) is 5.92. The molecule has 0 bridgehead atoms. The van der Waals surface area contributed by atoms with E-state index in [1.165, 1.54) is 16.9 Å². The van der Waals surface area contributed by atoms with Gasteiger partial charge in [-0.3, -0.25) is 0 Å². The van der Waals surface area contributed by atoms with Gasteiger partial charge in [0.1, 0.15) is 6.10 Å². The van der Waals surface area contributed by atoms with Gasteiger partial charge < -0.3 is 15.0 Å². The van der Waals surface area contributed by atoms with Gasteiger partial charge >= 0.3 is 0 Å². The second kappa shape index (κ2) is 5.77. The molecule has 0 aliphatic heterocycles. The first-order valence-electron chi connectivity index (χ1n) is 7.47. The quantitative estimate of drug-likeness (QED) is 0.913. The summed E-state index contributed by atoms with van der Waals surface area (Å²) in [7, 11) is 0. The fourth-order valence-corrected chi connectivity index (χ4v) is 4.01. The third-order valence-electron chi connectivity index (χ3n) is 3.81. The number of fused-ring (bicyclic) bond motifs is 1. The van der Waals surface area contributed by atoms with Crippen LogP contribution in [0.2, 0.25) is 0 Å². The Morgan fingerprint density at radius 3 is 2.90 bits per heavy atom. The number of ether oxygens (including phenoxy) is 1. The molecule has 2 aromatic heterocycles. The molecule has 1 aliphatic rings. The van der Waals surface area contributed by atoms with E-state index in [1.54, 1.807) is 11.3 Å². The summed E-state index contributed by atoms with van der Waals surface area (Å²) in [6, 6.07) is 0. The topological polar surface area (TPSA) is 74.2 Å². The van der Waals surface area contributed by atoms with Crippen LogP contribution in [0.1, 0.15) is 49.6 Å². The maximum atomic E-state index is 6.15. The predicted octanol–water partition coefficient (Wildman–Crippen LogP) is 3.60. The van der Waals surface area contributed by atoms with Crippen LogP contribution in [0, 0.1) is 5.92 Å². The van der Waals surface area contributed by atoms with Crippen LogP contribution in [-0.2, 0) is 17.6 Å². The van der Waals surface area contributed by atoms with Crippen LogP contribution in [0.5, 0.6) is 0 Å². The van der Waals surface area contributed by atoms with Crippen molar-refractivity contribution in [2.75, 3.05) is 12.3 Å². The lowest BCUT2D eigenvalue weighted by molar-refractivity contribution is 0.0217. The standard InChI is InChI=1S/C15H21N3O2S/c1-4-19-12(8(2)3)14-17-15(20-18-14)11-9-6-5-7-10(9)21-13(11)16/h8,12H,4-7,16H2,1-3H3. The van der Waals surface area contributed by atoms with Crippen molar-refractivity contribution in [1.82, 2.24) is 10.1 Å². The number of aryl methyl sites for hydroxylation is 1. The zero-order valence-corrected chi connectivity index (χ0v) is 13.5. The summed E-state index contributed by atoms with van der Waals surface area (Å²) in [6.07, 6.45) is 3.21. The van der Waals surface area contributed by atoms with E-state index >= 15 is 0 Å². The maximum absolute atomic E-state index is 6.15. The summed E-state index contributed by atoms with van der Waals surface area (Å²) < 4.78 is 11.2. The Bertz CT molecular complexity index is 633. The van der Waals surface area contributed by atoms with E-state index in [1.807, 2.05) is 6.92 Å². The average Bonchev–Trinajstić information content (AvgIpc) is 3.11. The Labute approximate surface area is 128 Å². The highest BCUT2D eigenvalue weighted by Crippen LogP contribution is 2.43. The van der Waals surface area contributed by atoms with Crippen molar-refractivity contribution in [2.45, 2.75) is 46.1 Å². The number of hydrogen-bond acceptors (Lipinski definition) is 6. The predicted molar refractivity (Wildman–Crippen MR) is 83.3 cm³/mol. The fourth-order valence-electron chi connectivity index (χ4n) is 2.86. The molecular formula is C15H21N3O2S. The lowest BCUT2D eigenvalue weighted by Gasteiger charge is -2.16. The maximum Gasteiger partial charge on any atom is 0.261 e. The molecule has 0 amide bonds. The van der Waals surface area contributed by atoms with Gasteiger partial charge in [-0.15, -0.1) is 11.3 Å². The smallest absolute Gasteiger partial charge is 0.261 e. The number of nitrogens with two attached hydrogens (primary N) is 1. The third kappa shape index (κ3) is 2.58. The van der Waals surface area contributed by atoms with Crippen molar-refractivity contribution in [3.63, 3.8) is 0 Å². The number of nitrogen functional groups attached to an aromatic ring is 1. The first-order chi connectivity index (χ1) is 10.1. The van der Waals surface area contributed by atoms with Crippen LogP contribution in [-0.4, -0.2) is 16.7 Å². The fraction of sp³-hybridized carbons (Fsp3) is 0.600. The molecule has 0 aromatic carbocycles. The summed E-state index contributed by atoms with van der Waals surface area (Å²) >= 11 is 1.65. The summed E-state index contributed by atoms with van der Waals surface area (Å²) in [5, 5.41) is 4.90. The number of aromatic nitrogens is 2. The van der Waals surface area contributed by atoms with E-state index in [4.69, 9.17) is 15.0 Å². The zero-order chi connectivity index (χ0) is 15.0. The van der Waals surface area contributed by atoms with E-state index in [2.05, 4.69) is 24.0 Å². The number of hydrogen-bond donors (Lipinski definition) is 1. The van der Waals surface area contributed by atoms with Crippen molar-refractivity contribution >= 4 is 16.3 Å². The van der Waals surface area contributed by atoms with Gasteiger partial charge in [0.15, 0.2) is 0 Å². The van der Waals surface area contributed by atoms with Crippen molar-refractivity contribution in [3.8, 4) is 11.5 Å². The SMILES string of the molecule is CCOC(c1noc(-c2c(N)sc3c2CCC3)n1)C(C)C. The molecule has 0 radical (unpaired) electrons. The van der Waals surface area contributed by atoms with E-state index < -0.39 is 0 Å². The number of nitrogens with zero attached hydrogens (tertiary/aromatic N) is 2. The van der Waals surface area contributed by atoms with Crippen LogP contribution in [0.25, 0.3) is 11.5 Å². The van der Waals surface area contributed by atoms with Crippen LogP contribution < -0.4 is 5.73 Å². The van der Waals surface area contributed by atoms with Gasteiger partial charge in [0.2, 0.25) is 5.82 Å². The van der Waals surface area contributed by atoms with Crippen molar-refractivity contribution in [1.29, 1.82) is 0 Å². The van der Waals surface area contributed by atoms with E-state index in [-0.39, 0.29) is 6.10 Å². The first-order valence-corrected chi connectivity index (χ1v) is 8.29. The second-order valence-electron chi connectivity index (χ2n) is 5.67. The molecule has 114 valence electrons. The summed E-state index contributed by atoms with van der Waals surface area (Å²) in [5.41, 5.74) is 8.39. The Morgan fingerprint density at radius 1 is 1.38 bits per heavy atom. The van der Waals surface area contributed by atoms with Crippen LogP contribution >= 0.6 is 11.3 Å². The minimum Gasteiger partial charge on any atom is -0.390 e. The molecule has 0 fully saturated rings. The normalized spacial score (nSPS) is 15.6. The van der Waals surface area contributed by atoms with Gasteiger partial charge in [0.05, 0.1) is 10.6 Å². The molecule has 6 heteroatoms. The van der Waals surface area contributed by atoms with Gasteiger partial charge in [-0.25, -0.2) is 0 Å². The highest BCUT2D eigenvalue weighted by atomic mass is 32.1. The Hall–Kier alpha value is -1.40. The Morgan fingerprint density at radius 2 is 2.19 bits per heavy atom.